The number of hydrogen-bond acceptors (Lipinski definition) is 5. The molecule has 0 saturated carbocycles. The van der Waals surface area contributed by atoms with Crippen LogP contribution in [-0.4, -0.2) is 36.6 Å². The molecule has 1 N–H and O–H groups in total. The van der Waals surface area contributed by atoms with Gasteiger partial charge in [-0.25, -0.2) is 14.5 Å². The molecule has 0 unspecified atom stereocenters. The minimum atomic E-state index is -1.00. The largest absolute Gasteiger partial charge is 0.478 e. The average Bonchev–Trinajstić information content (AvgIpc) is 3.19. The van der Waals surface area contributed by atoms with E-state index in [2.05, 4.69) is 28.9 Å². The minimum absolute atomic E-state index is 0.00687. The maximum absolute atomic E-state index is 12.4. The third-order valence-corrected chi connectivity index (χ3v) is 5.16. The highest BCUT2D eigenvalue weighted by Gasteiger charge is 2.17. The van der Waals surface area contributed by atoms with E-state index in [1.54, 1.807) is 12.3 Å². The number of ketones is 1. The average molecular weight is 421 g/mol. The Labute approximate surface area is 182 Å². The summed E-state index contributed by atoms with van der Waals surface area (Å²) in [6.07, 6.45) is 7.78. The Bertz CT molecular complexity index is 1040. The first kappa shape index (κ1) is 22.3. The van der Waals surface area contributed by atoms with Crippen LogP contribution < -0.4 is 0 Å². The van der Waals surface area contributed by atoms with Gasteiger partial charge in [0, 0.05) is 31.8 Å². The zero-order valence-electron chi connectivity index (χ0n) is 18.0. The summed E-state index contributed by atoms with van der Waals surface area (Å²) in [7, 11) is 0. The van der Waals surface area contributed by atoms with Gasteiger partial charge in [-0.2, -0.15) is 0 Å². The second kappa shape index (κ2) is 10.6. The first-order valence-electron chi connectivity index (χ1n) is 10.8. The molecule has 3 aromatic rings. The number of carboxylic acids is 1. The highest BCUT2D eigenvalue weighted by atomic mass is 16.4. The van der Waals surface area contributed by atoms with Crippen LogP contribution >= 0.6 is 0 Å². The molecule has 7 nitrogen and oxygen atoms in total. The fraction of sp³-hybridized carbons (Fsp3) is 0.375. The number of carbonyl (C=O) groups is 2. The summed E-state index contributed by atoms with van der Waals surface area (Å²) < 4.78 is 1.85. The number of unbranched alkanes of at least 4 members (excludes halogenated alkanes) is 2. The highest BCUT2D eigenvalue weighted by molar-refractivity contribution is 5.95. The van der Waals surface area contributed by atoms with Gasteiger partial charge in [-0.15, -0.1) is 5.10 Å². The molecule has 162 valence electrons. The number of aromatic nitrogens is 4. The summed E-state index contributed by atoms with van der Waals surface area (Å²) in [6, 6.07) is 9.42. The Morgan fingerprint density at radius 3 is 2.45 bits per heavy atom. The number of pyridine rings is 1. The Morgan fingerprint density at radius 2 is 1.77 bits per heavy atom. The molecule has 0 bridgehead atoms. The molecule has 0 atom stereocenters. The van der Waals surface area contributed by atoms with Gasteiger partial charge in [-0.3, -0.25) is 9.78 Å². The number of nitrogens with zero attached hydrogens (tertiary/aromatic N) is 4. The third kappa shape index (κ3) is 5.63. The molecule has 0 amide bonds. The molecule has 2 aromatic heterocycles. The van der Waals surface area contributed by atoms with E-state index in [9.17, 15) is 14.7 Å². The van der Waals surface area contributed by atoms with Gasteiger partial charge < -0.3 is 5.11 Å². The van der Waals surface area contributed by atoms with Crippen molar-refractivity contribution in [1.29, 1.82) is 0 Å². The molecule has 31 heavy (non-hydrogen) atoms. The van der Waals surface area contributed by atoms with Gasteiger partial charge in [-0.1, -0.05) is 51.0 Å². The maximum atomic E-state index is 12.4. The van der Waals surface area contributed by atoms with Gasteiger partial charge in [0.25, 0.3) is 0 Å². The van der Waals surface area contributed by atoms with Gasteiger partial charge in [-0.05, 0) is 35.6 Å². The second-order valence-corrected chi connectivity index (χ2v) is 7.56. The molecule has 2 heterocycles. The van der Waals surface area contributed by atoms with Gasteiger partial charge in [0.2, 0.25) is 11.6 Å². The van der Waals surface area contributed by atoms with Gasteiger partial charge >= 0.3 is 5.97 Å². The number of benzene rings is 1. The van der Waals surface area contributed by atoms with E-state index < -0.39 is 5.97 Å². The fourth-order valence-electron chi connectivity index (χ4n) is 3.36. The molecule has 1 aromatic carbocycles. The summed E-state index contributed by atoms with van der Waals surface area (Å²) >= 11 is 0. The van der Waals surface area contributed by atoms with Crippen molar-refractivity contribution in [3.05, 3.63) is 65.5 Å². The van der Waals surface area contributed by atoms with Crippen LogP contribution in [0.25, 0.3) is 11.1 Å². The van der Waals surface area contributed by atoms with Crippen LogP contribution in [0.1, 0.15) is 78.3 Å². The zero-order chi connectivity index (χ0) is 22.2. The Hall–Kier alpha value is -3.35. The molecule has 7 heteroatoms. The number of rotatable bonds is 11. The van der Waals surface area contributed by atoms with Crippen LogP contribution in [0.2, 0.25) is 0 Å². The SMILES string of the molecule is CCCCC(=O)c1nc(Cc2ccc(-c3ccncc3C(=O)O)cc2)n(CCCC)n1. The molecule has 0 aliphatic rings. The van der Waals surface area contributed by atoms with Gasteiger partial charge in [0.05, 0.1) is 5.56 Å². The summed E-state index contributed by atoms with van der Waals surface area (Å²) in [4.78, 5) is 32.3. The van der Waals surface area contributed by atoms with Crippen LogP contribution in [-0.2, 0) is 13.0 Å². The maximum Gasteiger partial charge on any atom is 0.337 e. The molecule has 0 aliphatic carbocycles. The molecule has 0 radical (unpaired) electrons. The smallest absolute Gasteiger partial charge is 0.337 e. The quantitative estimate of drug-likeness (QED) is 0.447. The number of carboxylic acid groups (broad SMARTS) is 1. The second-order valence-electron chi connectivity index (χ2n) is 7.56. The predicted molar refractivity (Wildman–Crippen MR) is 118 cm³/mol. The molecule has 0 spiro atoms. The molecule has 0 aliphatic heterocycles. The van der Waals surface area contributed by atoms with Gasteiger partial charge in [0.15, 0.2) is 0 Å². The summed E-state index contributed by atoms with van der Waals surface area (Å²) in [5, 5.41) is 13.9. The lowest BCUT2D eigenvalue weighted by Crippen LogP contribution is -2.07. The molecule has 0 saturated heterocycles. The minimum Gasteiger partial charge on any atom is -0.478 e. The van der Waals surface area contributed by atoms with E-state index in [4.69, 9.17) is 0 Å². The van der Waals surface area contributed by atoms with Crippen molar-refractivity contribution in [2.75, 3.05) is 0 Å². The number of hydrogen-bond donors (Lipinski definition) is 1. The summed E-state index contributed by atoms with van der Waals surface area (Å²) in [5.41, 5.74) is 2.63. The number of Topliss-reactive ketones (excluding diaryl/α,β-unsaturated/α-hetero) is 1. The highest BCUT2D eigenvalue weighted by Crippen LogP contribution is 2.24. The van der Waals surface area contributed by atoms with Crippen molar-refractivity contribution >= 4 is 11.8 Å². The first-order valence-corrected chi connectivity index (χ1v) is 10.8. The van der Waals surface area contributed by atoms with Crippen LogP contribution in [0.5, 0.6) is 0 Å². The van der Waals surface area contributed by atoms with Crippen LogP contribution in [0.3, 0.4) is 0 Å². The zero-order valence-corrected chi connectivity index (χ0v) is 18.0. The summed E-state index contributed by atoms with van der Waals surface area (Å²) in [5.74, 6) is 0.0688. The van der Waals surface area contributed by atoms with Crippen molar-refractivity contribution in [3.8, 4) is 11.1 Å². The number of aromatic carboxylic acids is 1. The van der Waals surface area contributed by atoms with Crippen LogP contribution in [0.15, 0.2) is 42.7 Å². The Kier molecular flexibility index (Phi) is 7.65. The van der Waals surface area contributed by atoms with Crippen molar-refractivity contribution < 1.29 is 14.7 Å². The van der Waals surface area contributed by atoms with Crippen molar-refractivity contribution in [2.45, 2.75) is 58.9 Å². The van der Waals surface area contributed by atoms with E-state index in [1.807, 2.05) is 28.9 Å². The van der Waals surface area contributed by atoms with E-state index in [0.717, 1.165) is 49.2 Å². The van der Waals surface area contributed by atoms with Crippen LogP contribution in [0.4, 0.5) is 0 Å². The lowest BCUT2D eigenvalue weighted by Gasteiger charge is -2.08. The molecule has 0 fully saturated rings. The molecular formula is C24H28N4O3. The van der Waals surface area contributed by atoms with E-state index in [-0.39, 0.29) is 11.3 Å². The Balaban J connectivity index is 1.82. The topological polar surface area (TPSA) is 98.0 Å². The standard InChI is InChI=1S/C24H28N4O3/c1-3-5-7-21(29)23-26-22(28(27-23)14-6-4-2)15-17-8-10-18(11-9-17)19-12-13-25-16-20(19)24(30)31/h8-13,16H,3-7,14-15H2,1-2H3,(H,30,31). The van der Waals surface area contributed by atoms with E-state index in [0.29, 0.717) is 24.2 Å². The normalized spacial score (nSPS) is 10.9. The predicted octanol–water partition coefficient (Wildman–Crippen LogP) is 4.80. The fourth-order valence-corrected chi connectivity index (χ4v) is 3.36. The van der Waals surface area contributed by atoms with Crippen LogP contribution in [0, 0.1) is 0 Å². The number of carbonyl (C=O) groups excluding carboxylic acids is 1. The number of aryl methyl sites for hydroxylation is 1. The monoisotopic (exact) mass is 420 g/mol. The Morgan fingerprint density at radius 1 is 1.03 bits per heavy atom. The molecule has 3 rings (SSSR count). The van der Waals surface area contributed by atoms with E-state index >= 15 is 0 Å². The molecular weight excluding hydrogens is 392 g/mol. The summed E-state index contributed by atoms with van der Waals surface area (Å²) in [6.45, 7) is 4.91. The lowest BCUT2D eigenvalue weighted by molar-refractivity contribution is 0.0697. The van der Waals surface area contributed by atoms with Gasteiger partial charge in [0.1, 0.15) is 5.82 Å². The van der Waals surface area contributed by atoms with E-state index in [1.165, 1.54) is 6.20 Å². The van der Waals surface area contributed by atoms with Crippen molar-refractivity contribution in [2.24, 2.45) is 0 Å². The van der Waals surface area contributed by atoms with Crippen molar-refractivity contribution in [1.82, 2.24) is 19.7 Å². The first-order chi connectivity index (χ1) is 15.0. The third-order valence-electron chi connectivity index (χ3n) is 5.16. The van der Waals surface area contributed by atoms with Crippen molar-refractivity contribution in [3.63, 3.8) is 0 Å². The lowest BCUT2D eigenvalue weighted by atomic mass is 10.00.